The normalized spacial score (nSPS) is 11.6. The van der Waals surface area contributed by atoms with Crippen LogP contribution in [0.4, 0.5) is 0 Å². The summed E-state index contributed by atoms with van der Waals surface area (Å²) in [7, 11) is 0. The second-order valence-corrected chi connectivity index (χ2v) is 4.01. The van der Waals surface area contributed by atoms with Crippen LogP contribution in [0.1, 0.15) is 46.0 Å². The largest absolute Gasteiger partial charge is 1.00 e. The van der Waals surface area contributed by atoms with Crippen molar-refractivity contribution < 1.29 is 23.6 Å². The number of unbranched alkanes of at least 4 members (excludes halogenated alkanes) is 3. The van der Waals surface area contributed by atoms with Crippen molar-refractivity contribution in [3.8, 4) is 5.75 Å². The van der Waals surface area contributed by atoms with Gasteiger partial charge in [0.25, 0.3) is 0 Å². The first-order valence-electron chi connectivity index (χ1n) is 5.95. The molecule has 0 unspecified atom stereocenters. The Hall–Kier alpha value is -0.383. The summed E-state index contributed by atoms with van der Waals surface area (Å²) >= 11 is 0. The van der Waals surface area contributed by atoms with E-state index >= 15 is 0 Å². The molecule has 0 aliphatic rings. The second kappa shape index (κ2) is 9.82. The van der Waals surface area contributed by atoms with Crippen LogP contribution in [0.2, 0.25) is 0 Å². The van der Waals surface area contributed by atoms with Crippen molar-refractivity contribution in [1.82, 2.24) is 0 Å². The molecular formula is C14H21LiO. The second-order valence-electron chi connectivity index (χ2n) is 4.01. The number of benzene rings is 1. The minimum Gasteiger partial charge on any atom is -0.516 e. The fourth-order valence-corrected chi connectivity index (χ4v) is 1.60. The molecule has 0 radical (unpaired) electrons. The molecule has 1 nitrogen and oxygen atoms in total. The number of hydrogen-bond donors (Lipinski definition) is 0. The fourth-order valence-electron chi connectivity index (χ4n) is 1.60. The van der Waals surface area contributed by atoms with Gasteiger partial charge >= 0.3 is 18.9 Å². The molecule has 0 aliphatic heterocycles. The maximum atomic E-state index is 5.77. The summed E-state index contributed by atoms with van der Waals surface area (Å²) < 4.78 is 5.77. The molecule has 1 rings (SSSR count). The monoisotopic (exact) mass is 212 g/mol. The predicted octanol–water partition coefficient (Wildman–Crippen LogP) is 1.23. The average Bonchev–Trinajstić information content (AvgIpc) is 2.26. The average molecular weight is 212 g/mol. The van der Waals surface area contributed by atoms with Gasteiger partial charge in [-0.25, -0.2) is 0 Å². The maximum Gasteiger partial charge on any atom is 1.00 e. The van der Waals surface area contributed by atoms with E-state index in [1.165, 1.54) is 25.7 Å². The van der Waals surface area contributed by atoms with E-state index in [0.717, 1.165) is 12.2 Å². The van der Waals surface area contributed by atoms with Gasteiger partial charge in [0.2, 0.25) is 0 Å². The van der Waals surface area contributed by atoms with Crippen molar-refractivity contribution in [3.05, 3.63) is 30.3 Å². The molecule has 0 saturated carbocycles. The minimum absolute atomic E-state index is 0. The van der Waals surface area contributed by atoms with Crippen LogP contribution in [-0.4, -0.2) is 6.10 Å². The van der Waals surface area contributed by atoms with Crippen LogP contribution >= 0.6 is 0 Å². The van der Waals surface area contributed by atoms with Gasteiger partial charge in [-0.1, -0.05) is 26.2 Å². The van der Waals surface area contributed by atoms with E-state index in [-0.39, 0.29) is 18.9 Å². The zero-order chi connectivity index (χ0) is 10.9. The van der Waals surface area contributed by atoms with Gasteiger partial charge in [0, 0.05) is 5.75 Å². The molecule has 0 N–H and O–H groups in total. The smallest absolute Gasteiger partial charge is 0.516 e. The van der Waals surface area contributed by atoms with Crippen LogP contribution in [0.25, 0.3) is 0 Å². The van der Waals surface area contributed by atoms with Crippen molar-refractivity contribution in [1.29, 1.82) is 0 Å². The molecule has 84 valence electrons. The van der Waals surface area contributed by atoms with Gasteiger partial charge in [-0.2, -0.15) is 18.2 Å². The zero-order valence-corrected chi connectivity index (χ0v) is 10.8. The Labute approximate surface area is 112 Å². The Balaban J connectivity index is 0.00000225. The topological polar surface area (TPSA) is 9.23 Å². The molecule has 0 fully saturated rings. The molecule has 0 heterocycles. The summed E-state index contributed by atoms with van der Waals surface area (Å²) in [4.78, 5) is 0. The molecular weight excluding hydrogens is 191 g/mol. The molecule has 1 aromatic rings. The van der Waals surface area contributed by atoms with Crippen molar-refractivity contribution in [3.63, 3.8) is 0 Å². The molecule has 2 heteroatoms. The summed E-state index contributed by atoms with van der Waals surface area (Å²) in [5.74, 6) is 0.955. The molecule has 1 aromatic carbocycles. The van der Waals surface area contributed by atoms with Gasteiger partial charge in [-0.05, 0) is 19.8 Å². The van der Waals surface area contributed by atoms with E-state index in [1.54, 1.807) is 0 Å². The standard InChI is InChI=1S/C14H21O.Li/c1-3-4-5-7-10-13(2)15-14-11-8-6-9-12-14;/h8-9,11-13H,3-5,7,10H2,1-2H3;/q-1;+1/t13-;/m0./s1. The summed E-state index contributed by atoms with van der Waals surface area (Å²) in [5, 5.41) is 0. The van der Waals surface area contributed by atoms with Gasteiger partial charge in [0.1, 0.15) is 0 Å². The summed E-state index contributed by atoms with van der Waals surface area (Å²) in [5.41, 5.74) is 0. The van der Waals surface area contributed by atoms with Crippen molar-refractivity contribution in [2.24, 2.45) is 0 Å². The third kappa shape index (κ3) is 6.98. The first kappa shape index (κ1) is 15.6. The molecule has 16 heavy (non-hydrogen) atoms. The number of ether oxygens (including phenoxy) is 1. The van der Waals surface area contributed by atoms with Gasteiger partial charge in [0.05, 0.1) is 6.10 Å². The van der Waals surface area contributed by atoms with Crippen molar-refractivity contribution in [2.75, 3.05) is 0 Å². The summed E-state index contributed by atoms with van der Waals surface area (Å²) in [6.45, 7) is 4.38. The van der Waals surface area contributed by atoms with E-state index in [4.69, 9.17) is 4.74 Å². The Morgan fingerprint density at radius 2 is 1.88 bits per heavy atom. The fraction of sp³-hybridized carbons (Fsp3) is 0.571. The zero-order valence-electron chi connectivity index (χ0n) is 10.8. The van der Waals surface area contributed by atoms with Gasteiger partial charge in [-0.3, -0.25) is 0 Å². The summed E-state index contributed by atoms with van der Waals surface area (Å²) in [6.07, 6.45) is 6.71. The SMILES string of the molecule is CCCCCC[C@H](C)Oc1cc[c-]cc1.[Li+]. The molecule has 0 aliphatic carbocycles. The molecule has 0 saturated heterocycles. The third-order valence-electron chi connectivity index (χ3n) is 2.49. The van der Waals surface area contributed by atoms with Gasteiger partial charge in [-0.15, -0.1) is 12.1 Å². The van der Waals surface area contributed by atoms with Gasteiger partial charge in [0.15, 0.2) is 0 Å². The van der Waals surface area contributed by atoms with E-state index in [0.29, 0.717) is 6.10 Å². The molecule has 1 atom stereocenters. The Kier molecular flexibility index (Phi) is 9.58. The minimum atomic E-state index is 0. The molecule has 0 amide bonds. The number of rotatable bonds is 7. The number of hydrogen-bond acceptors (Lipinski definition) is 1. The Morgan fingerprint density at radius 3 is 2.50 bits per heavy atom. The van der Waals surface area contributed by atoms with E-state index in [2.05, 4.69) is 19.9 Å². The van der Waals surface area contributed by atoms with Crippen molar-refractivity contribution >= 4 is 0 Å². The van der Waals surface area contributed by atoms with Crippen LogP contribution in [0.3, 0.4) is 0 Å². The van der Waals surface area contributed by atoms with Crippen LogP contribution < -0.4 is 23.6 Å². The first-order valence-corrected chi connectivity index (χ1v) is 5.95. The van der Waals surface area contributed by atoms with Crippen LogP contribution in [0.5, 0.6) is 5.75 Å². The quantitative estimate of drug-likeness (QED) is 0.375. The van der Waals surface area contributed by atoms with E-state index in [9.17, 15) is 0 Å². The summed E-state index contributed by atoms with van der Waals surface area (Å²) in [6, 6.07) is 10.7. The molecule has 0 bridgehead atoms. The van der Waals surface area contributed by atoms with E-state index < -0.39 is 0 Å². The molecule has 0 spiro atoms. The van der Waals surface area contributed by atoms with Crippen LogP contribution in [0.15, 0.2) is 24.3 Å². The third-order valence-corrected chi connectivity index (χ3v) is 2.49. The van der Waals surface area contributed by atoms with Crippen molar-refractivity contribution in [2.45, 2.75) is 52.1 Å². The molecule has 0 aromatic heterocycles. The van der Waals surface area contributed by atoms with E-state index in [1.807, 2.05) is 24.3 Å². The maximum absolute atomic E-state index is 5.77. The van der Waals surface area contributed by atoms with Crippen LogP contribution in [0, 0.1) is 6.07 Å². The predicted molar refractivity (Wildman–Crippen MR) is 64.1 cm³/mol. The van der Waals surface area contributed by atoms with Gasteiger partial charge < -0.3 is 4.74 Å². The first-order chi connectivity index (χ1) is 7.33. The Morgan fingerprint density at radius 1 is 1.19 bits per heavy atom. The van der Waals surface area contributed by atoms with Crippen LogP contribution in [-0.2, 0) is 0 Å². The Bertz CT molecular complexity index is 248.